The molecular formula is C16H20F3NO2. The summed E-state index contributed by atoms with van der Waals surface area (Å²) in [5.74, 6) is -1.37. The molecule has 1 aromatic rings. The molecule has 122 valence electrons. The Kier molecular flexibility index (Phi) is 5.11. The van der Waals surface area contributed by atoms with Gasteiger partial charge in [-0.3, -0.25) is 9.69 Å². The number of aliphatic carboxylic acids is 1. The van der Waals surface area contributed by atoms with Gasteiger partial charge in [0.2, 0.25) is 0 Å². The van der Waals surface area contributed by atoms with Crippen molar-refractivity contribution in [3.05, 3.63) is 35.4 Å². The quantitative estimate of drug-likeness (QED) is 0.914. The van der Waals surface area contributed by atoms with Crippen molar-refractivity contribution in [3.63, 3.8) is 0 Å². The molecule has 0 aliphatic carbocycles. The normalized spacial score (nSPS) is 21.5. The largest absolute Gasteiger partial charge is 0.481 e. The van der Waals surface area contributed by atoms with E-state index in [4.69, 9.17) is 5.11 Å². The predicted octanol–water partition coefficient (Wildman–Crippen LogP) is 3.95. The average molecular weight is 315 g/mol. The minimum Gasteiger partial charge on any atom is -0.481 e. The molecule has 22 heavy (non-hydrogen) atoms. The second kappa shape index (κ2) is 6.69. The van der Waals surface area contributed by atoms with Crippen molar-refractivity contribution < 1.29 is 23.1 Å². The maximum absolute atomic E-state index is 13.2. The Morgan fingerprint density at radius 2 is 2.09 bits per heavy atom. The number of nitrogens with zero attached hydrogens (tertiary/aromatic N) is 1. The van der Waals surface area contributed by atoms with Gasteiger partial charge in [0.1, 0.15) is 0 Å². The van der Waals surface area contributed by atoms with Crippen LogP contribution in [0.4, 0.5) is 13.2 Å². The van der Waals surface area contributed by atoms with Crippen molar-refractivity contribution >= 4 is 5.97 Å². The first-order valence-electron chi connectivity index (χ1n) is 7.47. The number of hydrogen-bond acceptors (Lipinski definition) is 2. The number of rotatable bonds is 4. The Bertz CT molecular complexity index is 530. The summed E-state index contributed by atoms with van der Waals surface area (Å²) in [7, 11) is 0. The Morgan fingerprint density at radius 1 is 1.41 bits per heavy atom. The van der Waals surface area contributed by atoms with Gasteiger partial charge in [-0.1, -0.05) is 25.1 Å². The van der Waals surface area contributed by atoms with E-state index in [0.717, 1.165) is 6.07 Å². The standard InChI is InChI=1S/C16H20F3NO2/c1-2-14(20-9-5-6-11(10-20)15(21)22)12-7-3-4-8-13(12)16(17,18)19/h3-4,7-8,11,14H,2,5-6,9-10H2,1H3,(H,21,22). The molecule has 1 fully saturated rings. The Balaban J connectivity index is 2.31. The van der Waals surface area contributed by atoms with Gasteiger partial charge in [0.25, 0.3) is 0 Å². The molecule has 0 bridgehead atoms. The summed E-state index contributed by atoms with van der Waals surface area (Å²) < 4.78 is 39.6. The van der Waals surface area contributed by atoms with E-state index in [1.165, 1.54) is 12.1 Å². The summed E-state index contributed by atoms with van der Waals surface area (Å²) in [5, 5.41) is 9.16. The lowest BCUT2D eigenvalue weighted by atomic mass is 9.91. The van der Waals surface area contributed by atoms with Crippen LogP contribution in [0.5, 0.6) is 0 Å². The van der Waals surface area contributed by atoms with E-state index in [1.807, 2.05) is 11.8 Å². The fourth-order valence-electron chi connectivity index (χ4n) is 3.21. The zero-order valence-corrected chi connectivity index (χ0v) is 12.4. The molecule has 1 aromatic carbocycles. The van der Waals surface area contributed by atoms with Crippen molar-refractivity contribution in [1.29, 1.82) is 0 Å². The maximum atomic E-state index is 13.2. The van der Waals surface area contributed by atoms with E-state index < -0.39 is 29.7 Å². The summed E-state index contributed by atoms with van der Waals surface area (Å²) in [6.07, 6.45) is -2.60. The van der Waals surface area contributed by atoms with Gasteiger partial charge in [-0.2, -0.15) is 13.2 Å². The smallest absolute Gasteiger partial charge is 0.416 e. The molecule has 3 nitrogen and oxygen atoms in total. The van der Waals surface area contributed by atoms with Crippen LogP contribution in [0.2, 0.25) is 0 Å². The summed E-state index contributed by atoms with van der Waals surface area (Å²) >= 11 is 0. The van der Waals surface area contributed by atoms with E-state index in [9.17, 15) is 18.0 Å². The number of alkyl halides is 3. The van der Waals surface area contributed by atoms with Crippen LogP contribution in [0.1, 0.15) is 43.4 Å². The maximum Gasteiger partial charge on any atom is 0.416 e. The number of carboxylic acid groups (broad SMARTS) is 1. The van der Waals surface area contributed by atoms with Crippen LogP contribution >= 0.6 is 0 Å². The summed E-state index contributed by atoms with van der Waals surface area (Å²) in [4.78, 5) is 13.0. The molecule has 1 aliphatic rings. The van der Waals surface area contributed by atoms with Crippen LogP contribution in [0.25, 0.3) is 0 Å². The van der Waals surface area contributed by atoms with Gasteiger partial charge >= 0.3 is 12.1 Å². The third kappa shape index (κ3) is 3.61. The van der Waals surface area contributed by atoms with Crippen LogP contribution in [0, 0.1) is 5.92 Å². The molecule has 1 aliphatic heterocycles. The van der Waals surface area contributed by atoms with E-state index in [0.29, 0.717) is 32.4 Å². The molecule has 6 heteroatoms. The second-order valence-electron chi connectivity index (χ2n) is 5.68. The van der Waals surface area contributed by atoms with Crippen LogP contribution in [0.3, 0.4) is 0 Å². The highest BCUT2D eigenvalue weighted by atomic mass is 19.4. The molecule has 0 saturated carbocycles. The van der Waals surface area contributed by atoms with Gasteiger partial charge in [0.15, 0.2) is 0 Å². The summed E-state index contributed by atoms with van der Waals surface area (Å²) in [5.41, 5.74) is -0.386. The lowest BCUT2D eigenvalue weighted by Crippen LogP contribution is -2.41. The molecule has 1 N–H and O–H groups in total. The molecular weight excluding hydrogens is 295 g/mol. The highest BCUT2D eigenvalue weighted by molar-refractivity contribution is 5.70. The number of benzene rings is 1. The van der Waals surface area contributed by atoms with E-state index >= 15 is 0 Å². The van der Waals surface area contributed by atoms with Crippen molar-refractivity contribution in [3.8, 4) is 0 Å². The summed E-state index contributed by atoms with van der Waals surface area (Å²) in [6.45, 7) is 2.77. The lowest BCUT2D eigenvalue weighted by Gasteiger charge is -2.37. The van der Waals surface area contributed by atoms with Crippen LogP contribution in [-0.2, 0) is 11.0 Å². The molecule has 1 heterocycles. The minimum absolute atomic E-state index is 0.239. The highest BCUT2D eigenvalue weighted by Gasteiger charge is 2.37. The van der Waals surface area contributed by atoms with Crippen molar-refractivity contribution in [1.82, 2.24) is 4.90 Å². The fraction of sp³-hybridized carbons (Fsp3) is 0.562. The summed E-state index contributed by atoms with van der Waals surface area (Å²) in [6, 6.07) is 5.18. The lowest BCUT2D eigenvalue weighted by molar-refractivity contribution is -0.144. The topological polar surface area (TPSA) is 40.5 Å². The van der Waals surface area contributed by atoms with Crippen LogP contribution in [-0.4, -0.2) is 29.1 Å². The molecule has 0 aromatic heterocycles. The minimum atomic E-state index is -4.40. The first-order chi connectivity index (χ1) is 10.3. The van der Waals surface area contributed by atoms with Gasteiger partial charge in [-0.25, -0.2) is 0 Å². The third-order valence-electron chi connectivity index (χ3n) is 4.25. The molecule has 1 saturated heterocycles. The van der Waals surface area contributed by atoms with E-state index in [-0.39, 0.29) is 5.56 Å². The fourth-order valence-corrected chi connectivity index (χ4v) is 3.21. The molecule has 2 atom stereocenters. The van der Waals surface area contributed by atoms with Gasteiger partial charge in [-0.15, -0.1) is 0 Å². The Morgan fingerprint density at radius 3 is 2.68 bits per heavy atom. The van der Waals surface area contributed by atoms with Crippen LogP contribution in [0.15, 0.2) is 24.3 Å². The van der Waals surface area contributed by atoms with Crippen molar-refractivity contribution in [2.75, 3.05) is 13.1 Å². The molecule has 2 unspecified atom stereocenters. The SMILES string of the molecule is CCC(c1ccccc1C(F)(F)F)N1CCCC(C(=O)O)C1. The van der Waals surface area contributed by atoms with E-state index in [2.05, 4.69) is 0 Å². The molecule has 2 rings (SSSR count). The predicted molar refractivity (Wildman–Crippen MR) is 76.4 cm³/mol. The zero-order chi connectivity index (χ0) is 16.3. The molecule has 0 radical (unpaired) electrons. The highest BCUT2D eigenvalue weighted by Crippen LogP contribution is 2.38. The first kappa shape index (κ1) is 16.8. The zero-order valence-electron chi connectivity index (χ0n) is 12.4. The Labute approximate surface area is 127 Å². The molecule has 0 spiro atoms. The monoisotopic (exact) mass is 315 g/mol. The van der Waals surface area contributed by atoms with Gasteiger partial charge in [-0.05, 0) is 37.4 Å². The van der Waals surface area contributed by atoms with Crippen molar-refractivity contribution in [2.24, 2.45) is 5.92 Å². The van der Waals surface area contributed by atoms with Crippen LogP contribution < -0.4 is 0 Å². The number of hydrogen-bond donors (Lipinski definition) is 1. The van der Waals surface area contributed by atoms with Crippen molar-refractivity contribution in [2.45, 2.75) is 38.4 Å². The number of likely N-dealkylation sites (tertiary alicyclic amines) is 1. The van der Waals surface area contributed by atoms with Gasteiger partial charge in [0.05, 0.1) is 11.5 Å². The van der Waals surface area contributed by atoms with Gasteiger partial charge in [0, 0.05) is 12.6 Å². The van der Waals surface area contributed by atoms with E-state index in [1.54, 1.807) is 6.07 Å². The number of piperidine rings is 1. The average Bonchev–Trinajstić information content (AvgIpc) is 2.48. The van der Waals surface area contributed by atoms with Gasteiger partial charge < -0.3 is 5.11 Å². The number of carbonyl (C=O) groups is 1. The number of carboxylic acids is 1. The Hall–Kier alpha value is -1.56. The third-order valence-corrected chi connectivity index (χ3v) is 4.25. The molecule has 0 amide bonds. The first-order valence-corrected chi connectivity index (χ1v) is 7.47. The second-order valence-corrected chi connectivity index (χ2v) is 5.68. The number of halogens is 3.